The lowest BCUT2D eigenvalue weighted by Gasteiger charge is -2.28. The summed E-state index contributed by atoms with van der Waals surface area (Å²) in [6.07, 6.45) is 1.35. The number of nitrogens with zero attached hydrogens (tertiary/aromatic N) is 3. The summed E-state index contributed by atoms with van der Waals surface area (Å²) in [4.78, 5) is 29.1. The highest BCUT2D eigenvalue weighted by molar-refractivity contribution is 5.83. The number of amides is 2. The second kappa shape index (κ2) is 5.36. The van der Waals surface area contributed by atoms with Gasteiger partial charge >= 0.3 is 12.0 Å². The number of likely N-dealkylation sites (tertiary alicyclic amines) is 2. The molecule has 19 heavy (non-hydrogen) atoms. The fourth-order valence-corrected chi connectivity index (χ4v) is 3.21. The first-order valence-corrected chi connectivity index (χ1v) is 6.86. The molecule has 6 heteroatoms. The Hall–Kier alpha value is -1.30. The van der Waals surface area contributed by atoms with Crippen molar-refractivity contribution in [2.45, 2.75) is 31.8 Å². The minimum Gasteiger partial charge on any atom is -0.480 e. The zero-order chi connectivity index (χ0) is 14.2. The second-order valence-electron chi connectivity index (χ2n) is 5.89. The summed E-state index contributed by atoms with van der Waals surface area (Å²) in [5.74, 6) is -0.466. The molecule has 0 saturated carbocycles. The van der Waals surface area contributed by atoms with E-state index >= 15 is 0 Å². The summed E-state index contributed by atoms with van der Waals surface area (Å²) >= 11 is 0. The first-order valence-electron chi connectivity index (χ1n) is 6.86. The second-order valence-corrected chi connectivity index (χ2v) is 5.89. The van der Waals surface area contributed by atoms with E-state index in [-0.39, 0.29) is 6.03 Å². The van der Waals surface area contributed by atoms with Crippen molar-refractivity contribution >= 4 is 12.0 Å². The molecule has 0 radical (unpaired) electrons. The number of hydrogen-bond donors (Lipinski definition) is 1. The van der Waals surface area contributed by atoms with Crippen molar-refractivity contribution in [2.75, 3.05) is 33.7 Å². The maximum absolute atomic E-state index is 12.4. The average Bonchev–Trinajstić information content (AvgIpc) is 2.93. The Balaban J connectivity index is 2.03. The molecule has 2 aliphatic heterocycles. The molecule has 2 heterocycles. The lowest BCUT2D eigenvalue weighted by molar-refractivity contribution is -0.141. The molecule has 2 fully saturated rings. The highest BCUT2D eigenvalue weighted by Gasteiger charge is 2.40. The van der Waals surface area contributed by atoms with E-state index in [4.69, 9.17) is 5.11 Å². The van der Waals surface area contributed by atoms with Gasteiger partial charge in [0, 0.05) is 25.7 Å². The van der Waals surface area contributed by atoms with Crippen LogP contribution in [-0.4, -0.2) is 77.6 Å². The third kappa shape index (κ3) is 2.68. The van der Waals surface area contributed by atoms with Crippen molar-refractivity contribution in [1.82, 2.24) is 14.7 Å². The maximum atomic E-state index is 12.4. The molecule has 0 aromatic rings. The van der Waals surface area contributed by atoms with Crippen LogP contribution in [0.3, 0.4) is 0 Å². The van der Waals surface area contributed by atoms with Gasteiger partial charge in [0.2, 0.25) is 0 Å². The Labute approximate surface area is 114 Å². The molecule has 1 N–H and O–H groups in total. The molecule has 3 atom stereocenters. The van der Waals surface area contributed by atoms with Crippen molar-refractivity contribution in [3.8, 4) is 0 Å². The number of carboxylic acid groups (broad SMARTS) is 1. The normalized spacial score (nSPS) is 31.3. The van der Waals surface area contributed by atoms with Gasteiger partial charge < -0.3 is 19.8 Å². The summed E-state index contributed by atoms with van der Waals surface area (Å²) in [6, 6.07) is -0.392. The third-order valence-electron chi connectivity index (χ3n) is 4.29. The van der Waals surface area contributed by atoms with E-state index in [1.54, 1.807) is 4.90 Å². The van der Waals surface area contributed by atoms with Crippen molar-refractivity contribution in [3.63, 3.8) is 0 Å². The molecule has 0 aromatic heterocycles. The fraction of sp³-hybridized carbons (Fsp3) is 0.846. The van der Waals surface area contributed by atoms with E-state index in [9.17, 15) is 9.59 Å². The molecular formula is C13H23N3O3. The molecule has 2 saturated heterocycles. The van der Waals surface area contributed by atoms with E-state index in [0.717, 1.165) is 6.42 Å². The first-order chi connectivity index (χ1) is 8.91. The molecule has 6 nitrogen and oxygen atoms in total. The van der Waals surface area contributed by atoms with Gasteiger partial charge in [0.05, 0.1) is 0 Å². The van der Waals surface area contributed by atoms with Crippen LogP contribution in [-0.2, 0) is 4.79 Å². The minimum atomic E-state index is -0.887. The standard InChI is InChI=1S/C13H23N3O3/c1-9-7-15(8-11(9)14(2)3)13(19)16-6-4-5-10(16)12(17)18/h9-11H,4-8H2,1-3H3,(H,17,18). The van der Waals surface area contributed by atoms with Crippen LogP contribution in [0.4, 0.5) is 4.79 Å². The number of hydrogen-bond acceptors (Lipinski definition) is 3. The largest absolute Gasteiger partial charge is 0.480 e. The Kier molecular flexibility index (Phi) is 3.99. The molecule has 2 rings (SSSR count). The highest BCUT2D eigenvalue weighted by atomic mass is 16.4. The van der Waals surface area contributed by atoms with E-state index in [1.807, 2.05) is 14.1 Å². The molecule has 0 spiro atoms. The average molecular weight is 269 g/mol. The smallest absolute Gasteiger partial charge is 0.326 e. The van der Waals surface area contributed by atoms with Gasteiger partial charge in [0.15, 0.2) is 0 Å². The predicted molar refractivity (Wildman–Crippen MR) is 71.0 cm³/mol. The van der Waals surface area contributed by atoms with Crippen molar-refractivity contribution in [1.29, 1.82) is 0 Å². The van der Waals surface area contributed by atoms with Crippen LogP contribution in [0.2, 0.25) is 0 Å². The number of likely N-dealkylation sites (N-methyl/N-ethyl adjacent to an activating group) is 1. The molecule has 0 bridgehead atoms. The van der Waals surface area contributed by atoms with E-state index in [2.05, 4.69) is 11.8 Å². The maximum Gasteiger partial charge on any atom is 0.326 e. The predicted octanol–water partition coefficient (Wildman–Crippen LogP) is 0.537. The van der Waals surface area contributed by atoms with Gasteiger partial charge in [-0.3, -0.25) is 0 Å². The Bertz CT molecular complexity index is 372. The number of carboxylic acids is 1. The van der Waals surface area contributed by atoms with Crippen LogP contribution >= 0.6 is 0 Å². The third-order valence-corrected chi connectivity index (χ3v) is 4.29. The number of carbonyl (C=O) groups is 2. The number of urea groups is 1. The molecule has 3 unspecified atom stereocenters. The molecule has 2 amide bonds. The summed E-state index contributed by atoms with van der Waals surface area (Å²) in [5, 5.41) is 9.15. The van der Waals surface area contributed by atoms with E-state index in [1.165, 1.54) is 4.90 Å². The van der Waals surface area contributed by atoms with Crippen molar-refractivity contribution < 1.29 is 14.7 Å². The molecular weight excluding hydrogens is 246 g/mol. The monoisotopic (exact) mass is 269 g/mol. The Morgan fingerprint density at radius 3 is 2.47 bits per heavy atom. The van der Waals surface area contributed by atoms with Gasteiger partial charge in [-0.15, -0.1) is 0 Å². The van der Waals surface area contributed by atoms with Gasteiger partial charge in [-0.1, -0.05) is 6.92 Å². The lowest BCUT2D eigenvalue weighted by Crippen LogP contribution is -2.48. The summed E-state index contributed by atoms with van der Waals surface area (Å²) in [5.41, 5.74) is 0. The van der Waals surface area contributed by atoms with Crippen molar-refractivity contribution in [3.05, 3.63) is 0 Å². The van der Waals surface area contributed by atoms with Gasteiger partial charge in [0.1, 0.15) is 6.04 Å². The van der Waals surface area contributed by atoms with Crippen LogP contribution in [0.5, 0.6) is 0 Å². The molecule has 0 aliphatic carbocycles. The van der Waals surface area contributed by atoms with Crippen LogP contribution in [0.25, 0.3) is 0 Å². The summed E-state index contributed by atoms with van der Waals surface area (Å²) in [7, 11) is 4.04. The minimum absolute atomic E-state index is 0.110. The van der Waals surface area contributed by atoms with Gasteiger partial charge in [-0.05, 0) is 32.9 Å². The molecule has 108 valence electrons. The van der Waals surface area contributed by atoms with Gasteiger partial charge in [-0.25, -0.2) is 9.59 Å². The summed E-state index contributed by atoms with van der Waals surface area (Å²) in [6.45, 7) is 4.10. The zero-order valence-electron chi connectivity index (χ0n) is 11.9. The molecule has 0 aromatic carbocycles. The van der Waals surface area contributed by atoms with Gasteiger partial charge in [0.25, 0.3) is 0 Å². The number of aliphatic carboxylic acids is 1. The lowest BCUT2D eigenvalue weighted by atomic mass is 10.1. The van der Waals surface area contributed by atoms with Crippen LogP contribution < -0.4 is 0 Å². The van der Waals surface area contributed by atoms with Crippen molar-refractivity contribution in [2.24, 2.45) is 5.92 Å². The van der Waals surface area contributed by atoms with Crippen LogP contribution in [0, 0.1) is 5.92 Å². The SMILES string of the molecule is CC1CN(C(=O)N2CCCC2C(=O)O)CC1N(C)C. The van der Waals surface area contributed by atoms with Gasteiger partial charge in [-0.2, -0.15) is 0 Å². The first kappa shape index (κ1) is 14.1. The Morgan fingerprint density at radius 1 is 1.26 bits per heavy atom. The number of carbonyl (C=O) groups excluding carboxylic acids is 1. The highest BCUT2D eigenvalue weighted by Crippen LogP contribution is 2.25. The zero-order valence-corrected chi connectivity index (χ0v) is 11.9. The quantitative estimate of drug-likeness (QED) is 0.794. The molecule has 2 aliphatic rings. The van der Waals surface area contributed by atoms with Crippen LogP contribution in [0.15, 0.2) is 0 Å². The summed E-state index contributed by atoms with van der Waals surface area (Å²) < 4.78 is 0. The topological polar surface area (TPSA) is 64.1 Å². The number of rotatable bonds is 2. The van der Waals surface area contributed by atoms with E-state index < -0.39 is 12.0 Å². The Morgan fingerprint density at radius 2 is 1.95 bits per heavy atom. The van der Waals surface area contributed by atoms with E-state index in [0.29, 0.717) is 38.0 Å². The fourth-order valence-electron chi connectivity index (χ4n) is 3.21. The van der Waals surface area contributed by atoms with Crippen LogP contribution in [0.1, 0.15) is 19.8 Å².